The normalized spacial score (nSPS) is 7.10. The van der Waals surface area contributed by atoms with Crippen LogP contribution in [-0.2, 0) is 196 Å². The quantitative estimate of drug-likeness (QED) is 0.397. The van der Waals surface area contributed by atoms with E-state index in [1.54, 1.807) is 0 Å². The summed E-state index contributed by atoms with van der Waals surface area (Å²) in [4.78, 5) is 0. The Hall–Kier alpha value is 5.06. The third kappa shape index (κ3) is 13.3. The first-order chi connectivity index (χ1) is 6.75. The van der Waals surface area contributed by atoms with Crippen molar-refractivity contribution in [1.29, 1.82) is 0 Å². The summed E-state index contributed by atoms with van der Waals surface area (Å²) in [5.41, 5.74) is 4.57. The number of benzene rings is 2. The summed E-state index contributed by atoms with van der Waals surface area (Å²) in [6.45, 7) is 4.11. The number of aryl methyl sites for hydroxylation is 2. The Morgan fingerprint density at radius 2 is 0.850 bits per heavy atom. The molecule has 0 heterocycles. The van der Waals surface area contributed by atoms with Gasteiger partial charge in [0.05, 0.1) is 0 Å². The summed E-state index contributed by atoms with van der Waals surface area (Å²) in [6.07, 6.45) is 0. The van der Waals surface area contributed by atoms with E-state index >= 15 is 0 Å². The minimum atomic E-state index is 0. The fraction of sp³-hybridized carbons (Fsp3) is 0.143. The van der Waals surface area contributed by atoms with E-state index in [1.807, 2.05) is 0 Å². The molecule has 0 aliphatic rings. The van der Waals surface area contributed by atoms with Gasteiger partial charge < -0.3 is 0 Å². The van der Waals surface area contributed by atoms with E-state index in [1.165, 1.54) is 0 Å². The molecule has 6 radical (unpaired) electrons. The fourth-order valence-corrected chi connectivity index (χ4v) is 1.48. The molecule has 0 nitrogen and oxygen atoms in total. The van der Waals surface area contributed by atoms with Crippen molar-refractivity contribution in [2.75, 3.05) is 0 Å². The largest absolute Gasteiger partial charge is 0.226 e. The zero-order valence-electron chi connectivity index (χ0n) is 11.9. The fourth-order valence-electron chi connectivity index (χ4n) is 1.48. The molecule has 2 aromatic rings. The predicted molar refractivity (Wildman–Crippen MR) is 59.0 cm³/mol. The Morgan fingerprint density at radius 3 is 1.10 bits per heavy atom. The molecule has 2 aromatic carbocycles. The Kier molecular flexibility index (Phi) is 36.7. The molecule has 0 spiro atoms. The van der Waals surface area contributed by atoms with Crippen molar-refractivity contribution < 1.29 is 196 Å². The SMILES string of the molecule is Cc1[c-]c(-c2[c-]c(C)ccc2)ccc1.[Y].[Y].[Y].[Y].[Y].[Y]. The number of rotatable bonds is 1. The van der Waals surface area contributed by atoms with E-state index in [4.69, 9.17) is 0 Å². The molecule has 0 amide bonds. The Balaban J connectivity index is -0.000000125. The van der Waals surface area contributed by atoms with Crippen LogP contribution in [0.15, 0.2) is 36.4 Å². The maximum Gasteiger partial charge on any atom is 0 e. The van der Waals surface area contributed by atoms with Gasteiger partial charge in [0.2, 0.25) is 0 Å². The second-order valence-electron chi connectivity index (χ2n) is 3.49. The first-order valence-electron chi connectivity index (χ1n) is 4.74. The van der Waals surface area contributed by atoms with Crippen LogP contribution in [0.5, 0.6) is 0 Å². The topological polar surface area (TPSA) is 0 Å². The molecule has 0 fully saturated rings. The van der Waals surface area contributed by atoms with Gasteiger partial charge >= 0.3 is 0 Å². The van der Waals surface area contributed by atoms with Crippen LogP contribution in [-0.4, -0.2) is 0 Å². The van der Waals surface area contributed by atoms with Crippen molar-refractivity contribution >= 4 is 0 Å². The molecule has 20 heavy (non-hydrogen) atoms. The van der Waals surface area contributed by atoms with Gasteiger partial charge in [-0.2, -0.15) is 36.4 Å². The molecular weight excluding hydrogens is 702 g/mol. The van der Waals surface area contributed by atoms with Gasteiger partial charge in [-0.15, -0.1) is 23.3 Å². The standard InChI is InChI=1S/C14H12.6Y/c1-11-5-3-7-13(9-11)14-8-4-6-12(2)10-14;;;;;;/h3-8H,1-2H3;;;;;;/q-2;;;;;;. The van der Waals surface area contributed by atoms with E-state index in [0.29, 0.717) is 0 Å². The van der Waals surface area contributed by atoms with Crippen LogP contribution in [0.3, 0.4) is 0 Å². The molecule has 2 rings (SSSR count). The van der Waals surface area contributed by atoms with Crippen molar-refractivity contribution in [3.05, 3.63) is 59.7 Å². The zero-order valence-corrected chi connectivity index (χ0v) is 29.0. The van der Waals surface area contributed by atoms with Gasteiger partial charge in [-0.25, -0.2) is 11.1 Å². The molecule has 0 bridgehead atoms. The molecule has 0 saturated heterocycles. The average Bonchev–Trinajstić information content (AvgIpc) is 2.18. The van der Waals surface area contributed by atoms with Gasteiger partial charge in [0.25, 0.3) is 0 Å². The van der Waals surface area contributed by atoms with Gasteiger partial charge in [0.15, 0.2) is 0 Å². The van der Waals surface area contributed by atoms with Crippen molar-refractivity contribution in [3.63, 3.8) is 0 Å². The van der Waals surface area contributed by atoms with Crippen molar-refractivity contribution in [2.45, 2.75) is 13.8 Å². The van der Waals surface area contributed by atoms with Gasteiger partial charge in [-0.05, 0) is 0 Å². The van der Waals surface area contributed by atoms with Crippen LogP contribution >= 0.6 is 0 Å². The van der Waals surface area contributed by atoms with Gasteiger partial charge in [0, 0.05) is 196 Å². The molecule has 0 aromatic heterocycles. The molecule has 6 heteroatoms. The van der Waals surface area contributed by atoms with E-state index in [9.17, 15) is 0 Å². The van der Waals surface area contributed by atoms with E-state index in [2.05, 4.69) is 62.4 Å². The Labute approximate surface area is 274 Å². The first kappa shape index (κ1) is 36.1. The maximum atomic E-state index is 3.32. The van der Waals surface area contributed by atoms with Crippen LogP contribution in [0.4, 0.5) is 0 Å². The van der Waals surface area contributed by atoms with Crippen LogP contribution in [0.1, 0.15) is 11.1 Å². The molecular formula is C14H12Y6-2. The zero-order chi connectivity index (χ0) is 9.97. The second kappa shape index (κ2) is 20.4. The molecule has 0 saturated carbocycles. The molecule has 0 atom stereocenters. The van der Waals surface area contributed by atoms with E-state index in [-0.39, 0.29) is 196 Å². The Morgan fingerprint density at radius 1 is 0.550 bits per heavy atom. The molecule has 0 aliphatic heterocycles. The summed E-state index contributed by atoms with van der Waals surface area (Å²) in [7, 11) is 0. The monoisotopic (exact) mass is 714 g/mol. The number of hydrogen-bond donors (Lipinski definition) is 0. The summed E-state index contributed by atoms with van der Waals surface area (Å²) in [5, 5.41) is 0. The van der Waals surface area contributed by atoms with E-state index in [0.717, 1.165) is 22.3 Å². The van der Waals surface area contributed by atoms with Crippen LogP contribution in [0.25, 0.3) is 11.1 Å². The molecule has 0 unspecified atom stereocenters. The third-order valence-corrected chi connectivity index (χ3v) is 2.17. The minimum Gasteiger partial charge on any atom is -0.226 e. The van der Waals surface area contributed by atoms with Gasteiger partial charge in [-0.3, -0.25) is 0 Å². The van der Waals surface area contributed by atoms with Crippen molar-refractivity contribution in [2.24, 2.45) is 0 Å². The number of hydrogen-bond acceptors (Lipinski definition) is 0. The summed E-state index contributed by atoms with van der Waals surface area (Å²) >= 11 is 0. The van der Waals surface area contributed by atoms with Crippen LogP contribution in [0, 0.1) is 26.0 Å². The van der Waals surface area contributed by atoms with Crippen LogP contribution in [0.2, 0.25) is 0 Å². The van der Waals surface area contributed by atoms with Gasteiger partial charge in [-0.1, -0.05) is 13.8 Å². The predicted octanol–water partition coefficient (Wildman–Crippen LogP) is 3.56. The molecule has 0 N–H and O–H groups in total. The smallest absolute Gasteiger partial charge is 0 e. The molecule has 88 valence electrons. The van der Waals surface area contributed by atoms with Gasteiger partial charge in [0.1, 0.15) is 0 Å². The maximum absolute atomic E-state index is 3.32. The van der Waals surface area contributed by atoms with E-state index < -0.39 is 0 Å². The minimum absolute atomic E-state index is 0. The van der Waals surface area contributed by atoms with Crippen molar-refractivity contribution in [1.82, 2.24) is 0 Å². The summed E-state index contributed by atoms with van der Waals surface area (Å²) in [5.74, 6) is 0. The first-order valence-corrected chi connectivity index (χ1v) is 4.74. The average molecular weight is 714 g/mol. The second-order valence-corrected chi connectivity index (χ2v) is 3.49. The third-order valence-electron chi connectivity index (χ3n) is 2.17. The van der Waals surface area contributed by atoms with Crippen molar-refractivity contribution in [3.8, 4) is 11.1 Å². The van der Waals surface area contributed by atoms with Crippen LogP contribution < -0.4 is 0 Å². The summed E-state index contributed by atoms with van der Waals surface area (Å²) in [6, 6.07) is 19.0. The summed E-state index contributed by atoms with van der Waals surface area (Å²) < 4.78 is 0. The Bertz CT molecular complexity index is 415. The molecule has 0 aliphatic carbocycles.